The number of aliphatic hydroxyl groups is 1. The summed E-state index contributed by atoms with van der Waals surface area (Å²) in [6, 6.07) is 0.335. The molecule has 1 saturated carbocycles. The minimum Gasteiger partial charge on any atom is -0.395 e. The Morgan fingerprint density at radius 1 is 1.56 bits per heavy atom. The van der Waals surface area contributed by atoms with Crippen LogP contribution >= 0.6 is 0 Å². The van der Waals surface area contributed by atoms with E-state index in [1.54, 1.807) is 0 Å². The molecule has 2 fully saturated rings. The van der Waals surface area contributed by atoms with Gasteiger partial charge in [-0.25, -0.2) is 0 Å². The summed E-state index contributed by atoms with van der Waals surface area (Å²) in [7, 11) is 3.98. The topological polar surface area (TPSA) is 43.8 Å². The summed E-state index contributed by atoms with van der Waals surface area (Å²) in [6.07, 6.45) is 3.84. The first-order valence-electron chi connectivity index (χ1n) is 6.16. The molecule has 0 aromatic heterocycles. The van der Waals surface area contributed by atoms with Gasteiger partial charge < -0.3 is 14.9 Å². The summed E-state index contributed by atoms with van der Waals surface area (Å²) in [5, 5.41) is 9.39. The third-order valence-corrected chi connectivity index (χ3v) is 4.30. The number of carbonyl (C=O) groups excluding carboxylic acids is 1. The highest BCUT2D eigenvalue weighted by Crippen LogP contribution is 2.42. The number of carbonyl (C=O) groups is 1. The van der Waals surface area contributed by atoms with Crippen LogP contribution in [0.4, 0.5) is 0 Å². The maximum atomic E-state index is 12.3. The second-order valence-electron chi connectivity index (χ2n) is 5.41. The number of likely N-dealkylation sites (tertiary alicyclic amines) is 1. The van der Waals surface area contributed by atoms with Gasteiger partial charge >= 0.3 is 0 Å². The molecule has 16 heavy (non-hydrogen) atoms. The van der Waals surface area contributed by atoms with Crippen molar-refractivity contribution in [3.63, 3.8) is 0 Å². The second-order valence-corrected chi connectivity index (χ2v) is 5.41. The Labute approximate surface area is 97.2 Å². The first-order valence-corrected chi connectivity index (χ1v) is 6.16. The van der Waals surface area contributed by atoms with Crippen LogP contribution in [0, 0.1) is 5.41 Å². The summed E-state index contributed by atoms with van der Waals surface area (Å²) in [5.41, 5.74) is -0.435. The molecule has 1 atom stereocenters. The van der Waals surface area contributed by atoms with E-state index in [9.17, 15) is 9.90 Å². The Hall–Kier alpha value is -0.610. The third-order valence-electron chi connectivity index (χ3n) is 4.30. The van der Waals surface area contributed by atoms with Crippen LogP contribution in [0.2, 0.25) is 0 Å². The van der Waals surface area contributed by atoms with Crippen LogP contribution in [0.5, 0.6) is 0 Å². The van der Waals surface area contributed by atoms with E-state index in [1.807, 2.05) is 11.9 Å². The third kappa shape index (κ3) is 1.84. The number of rotatable bonds is 3. The molecule has 1 aliphatic carbocycles. The predicted octanol–water partition coefficient (Wildman–Crippen LogP) is 0.311. The lowest BCUT2D eigenvalue weighted by Gasteiger charge is -2.42. The van der Waals surface area contributed by atoms with Crippen LogP contribution in [-0.2, 0) is 4.79 Å². The zero-order valence-electron chi connectivity index (χ0n) is 10.3. The van der Waals surface area contributed by atoms with Gasteiger partial charge in [-0.3, -0.25) is 4.79 Å². The molecule has 1 amide bonds. The van der Waals surface area contributed by atoms with E-state index in [2.05, 4.69) is 11.9 Å². The molecule has 2 rings (SSSR count). The van der Waals surface area contributed by atoms with E-state index in [1.165, 1.54) is 0 Å². The summed E-state index contributed by atoms with van der Waals surface area (Å²) in [5.74, 6) is 0.154. The van der Waals surface area contributed by atoms with E-state index in [0.717, 1.165) is 38.8 Å². The van der Waals surface area contributed by atoms with Crippen molar-refractivity contribution >= 4 is 5.91 Å². The summed E-state index contributed by atoms with van der Waals surface area (Å²) >= 11 is 0. The monoisotopic (exact) mass is 226 g/mol. The fraction of sp³-hybridized carbons (Fsp3) is 0.917. The predicted molar refractivity (Wildman–Crippen MR) is 62.0 cm³/mol. The highest BCUT2D eigenvalue weighted by atomic mass is 16.3. The molecule has 0 bridgehead atoms. The zero-order valence-corrected chi connectivity index (χ0v) is 10.3. The molecule has 92 valence electrons. The Bertz CT molecular complexity index is 271. The minimum atomic E-state index is -0.435. The van der Waals surface area contributed by atoms with Crippen molar-refractivity contribution in [2.75, 3.05) is 33.8 Å². The number of aliphatic hydroxyl groups excluding tert-OH is 1. The molecule has 1 unspecified atom stereocenters. The van der Waals surface area contributed by atoms with Crippen LogP contribution in [0.1, 0.15) is 25.7 Å². The lowest BCUT2D eigenvalue weighted by atomic mass is 9.68. The van der Waals surface area contributed by atoms with Crippen molar-refractivity contribution in [1.29, 1.82) is 0 Å². The maximum Gasteiger partial charge on any atom is 0.231 e. The molecule has 1 aliphatic heterocycles. The molecule has 0 radical (unpaired) electrons. The summed E-state index contributed by atoms with van der Waals surface area (Å²) in [6.45, 7) is 2.04. The fourth-order valence-electron chi connectivity index (χ4n) is 2.81. The Kier molecular flexibility index (Phi) is 3.22. The highest BCUT2D eigenvalue weighted by Gasteiger charge is 2.46. The van der Waals surface area contributed by atoms with Crippen LogP contribution in [0.15, 0.2) is 0 Å². The molecular weight excluding hydrogens is 204 g/mol. The molecule has 0 spiro atoms. The smallest absolute Gasteiger partial charge is 0.231 e. The summed E-state index contributed by atoms with van der Waals surface area (Å²) in [4.78, 5) is 16.4. The first-order chi connectivity index (χ1) is 7.59. The van der Waals surface area contributed by atoms with Gasteiger partial charge in [-0.05, 0) is 32.9 Å². The van der Waals surface area contributed by atoms with Gasteiger partial charge in [0.05, 0.1) is 12.0 Å². The van der Waals surface area contributed by atoms with Gasteiger partial charge in [0.2, 0.25) is 5.91 Å². The van der Waals surface area contributed by atoms with Gasteiger partial charge in [0.25, 0.3) is 0 Å². The van der Waals surface area contributed by atoms with Crippen molar-refractivity contribution in [1.82, 2.24) is 9.80 Å². The number of amides is 1. The lowest BCUT2D eigenvalue weighted by Crippen LogP contribution is -2.52. The van der Waals surface area contributed by atoms with E-state index in [-0.39, 0.29) is 12.5 Å². The molecule has 2 aliphatic rings. The van der Waals surface area contributed by atoms with Crippen molar-refractivity contribution in [3.05, 3.63) is 0 Å². The average Bonchev–Trinajstić information content (AvgIpc) is 2.63. The minimum absolute atomic E-state index is 0.0126. The fourth-order valence-corrected chi connectivity index (χ4v) is 2.81. The van der Waals surface area contributed by atoms with Crippen LogP contribution in [0.3, 0.4) is 0 Å². The van der Waals surface area contributed by atoms with Gasteiger partial charge in [0, 0.05) is 19.6 Å². The van der Waals surface area contributed by atoms with Gasteiger partial charge in [0.1, 0.15) is 0 Å². The first kappa shape index (κ1) is 11.9. The van der Waals surface area contributed by atoms with Crippen molar-refractivity contribution in [3.8, 4) is 0 Å². The highest BCUT2D eigenvalue weighted by molar-refractivity contribution is 5.83. The van der Waals surface area contributed by atoms with Crippen LogP contribution < -0.4 is 0 Å². The summed E-state index contributed by atoms with van der Waals surface area (Å²) < 4.78 is 0. The molecule has 1 heterocycles. The van der Waals surface area contributed by atoms with Crippen molar-refractivity contribution in [2.45, 2.75) is 31.7 Å². The average molecular weight is 226 g/mol. The van der Waals surface area contributed by atoms with Crippen molar-refractivity contribution in [2.24, 2.45) is 5.41 Å². The standard InChI is InChI=1S/C12H22N2O2/c1-13-7-4-10(8-13)14(2)11(16)12(9-15)5-3-6-12/h10,15H,3-9H2,1-2H3. The lowest BCUT2D eigenvalue weighted by molar-refractivity contribution is -0.151. The largest absolute Gasteiger partial charge is 0.395 e. The number of nitrogens with zero attached hydrogens (tertiary/aromatic N) is 2. The second kappa shape index (κ2) is 4.34. The Balaban J connectivity index is 1.98. The van der Waals surface area contributed by atoms with Gasteiger partial charge in [-0.15, -0.1) is 0 Å². The van der Waals surface area contributed by atoms with Crippen LogP contribution in [0.25, 0.3) is 0 Å². The molecule has 1 saturated heterocycles. The molecule has 4 heteroatoms. The van der Waals surface area contributed by atoms with Gasteiger partial charge in [-0.1, -0.05) is 6.42 Å². The van der Waals surface area contributed by atoms with Gasteiger partial charge in [0.15, 0.2) is 0 Å². The van der Waals surface area contributed by atoms with E-state index < -0.39 is 5.41 Å². The SMILES string of the molecule is CN1CCC(N(C)C(=O)C2(CO)CCC2)C1. The number of hydrogen-bond donors (Lipinski definition) is 1. The molecule has 4 nitrogen and oxygen atoms in total. The van der Waals surface area contributed by atoms with Gasteiger partial charge in [-0.2, -0.15) is 0 Å². The van der Waals surface area contributed by atoms with E-state index in [4.69, 9.17) is 0 Å². The number of hydrogen-bond acceptors (Lipinski definition) is 3. The maximum absolute atomic E-state index is 12.3. The molecule has 1 N–H and O–H groups in total. The van der Waals surface area contributed by atoms with Crippen molar-refractivity contribution < 1.29 is 9.90 Å². The quantitative estimate of drug-likeness (QED) is 0.753. The molecular formula is C12H22N2O2. The van der Waals surface area contributed by atoms with E-state index in [0.29, 0.717) is 6.04 Å². The van der Waals surface area contributed by atoms with Crippen LogP contribution in [-0.4, -0.2) is 60.6 Å². The normalized spacial score (nSPS) is 28.8. The van der Waals surface area contributed by atoms with E-state index >= 15 is 0 Å². The number of likely N-dealkylation sites (N-methyl/N-ethyl adjacent to an activating group) is 2. The molecule has 0 aromatic rings. The molecule has 0 aromatic carbocycles. The Morgan fingerprint density at radius 3 is 2.62 bits per heavy atom. The Morgan fingerprint density at radius 2 is 2.25 bits per heavy atom. The zero-order chi connectivity index (χ0) is 11.8.